The standard InChI is InChI=1S/C24H23N3O2S2/c1-13-6-9-15(10-7-13)12-30-24-26-22-21(23(29)27-24)20(18-11-8-14(2)31-18)19-16(25-22)4-3-5-17(19)28/h6-11,20H,3-5,12H2,1-2H3,(H2,25,26,27,29). The molecule has 0 fully saturated rings. The van der Waals surface area contributed by atoms with E-state index in [1.807, 2.05) is 19.1 Å². The molecule has 7 heteroatoms. The lowest BCUT2D eigenvalue weighted by Crippen LogP contribution is -2.32. The maximum absolute atomic E-state index is 13.2. The Morgan fingerprint density at radius 1 is 1.10 bits per heavy atom. The Bertz CT molecular complexity index is 1250. The van der Waals surface area contributed by atoms with Crippen LogP contribution in [0.25, 0.3) is 0 Å². The van der Waals surface area contributed by atoms with Crippen LogP contribution in [0.1, 0.15) is 51.6 Å². The van der Waals surface area contributed by atoms with E-state index in [-0.39, 0.29) is 17.3 Å². The molecule has 158 valence electrons. The van der Waals surface area contributed by atoms with E-state index < -0.39 is 0 Å². The number of rotatable bonds is 4. The van der Waals surface area contributed by atoms with Crippen LogP contribution < -0.4 is 10.9 Å². The van der Waals surface area contributed by atoms with Gasteiger partial charge in [-0.2, -0.15) is 0 Å². The van der Waals surface area contributed by atoms with Crippen molar-refractivity contribution in [1.82, 2.24) is 9.97 Å². The summed E-state index contributed by atoms with van der Waals surface area (Å²) in [5.74, 6) is 1.10. The summed E-state index contributed by atoms with van der Waals surface area (Å²) >= 11 is 3.15. The van der Waals surface area contributed by atoms with Gasteiger partial charge >= 0.3 is 0 Å². The third-order valence-corrected chi connectivity index (χ3v) is 7.79. The zero-order chi connectivity index (χ0) is 21.5. The molecule has 31 heavy (non-hydrogen) atoms. The van der Waals surface area contributed by atoms with Gasteiger partial charge in [0.15, 0.2) is 10.9 Å². The molecule has 1 aromatic carbocycles. The monoisotopic (exact) mass is 449 g/mol. The number of nitrogens with one attached hydrogen (secondary N) is 2. The van der Waals surface area contributed by atoms with Crippen molar-refractivity contribution >= 4 is 34.7 Å². The van der Waals surface area contributed by atoms with Crippen molar-refractivity contribution < 1.29 is 4.79 Å². The Balaban J connectivity index is 1.54. The van der Waals surface area contributed by atoms with Gasteiger partial charge in [-0.05, 0) is 44.4 Å². The average molecular weight is 450 g/mol. The van der Waals surface area contributed by atoms with Gasteiger partial charge in [-0.3, -0.25) is 9.59 Å². The summed E-state index contributed by atoms with van der Waals surface area (Å²) in [5.41, 5.74) is 4.44. The zero-order valence-electron chi connectivity index (χ0n) is 17.5. The first-order valence-electron chi connectivity index (χ1n) is 10.4. The molecule has 2 N–H and O–H groups in total. The van der Waals surface area contributed by atoms with Crippen molar-refractivity contribution in [2.24, 2.45) is 0 Å². The fraction of sp³-hybridized carbons (Fsp3) is 0.292. The summed E-state index contributed by atoms with van der Waals surface area (Å²) in [6.45, 7) is 4.11. The first-order chi connectivity index (χ1) is 15.0. The molecule has 0 saturated heterocycles. The Morgan fingerprint density at radius 3 is 2.65 bits per heavy atom. The van der Waals surface area contributed by atoms with Crippen LogP contribution in [0.4, 0.5) is 5.82 Å². The Kier molecular flexibility index (Phi) is 5.32. The predicted octanol–water partition coefficient (Wildman–Crippen LogP) is 5.31. The highest BCUT2D eigenvalue weighted by atomic mass is 32.2. The number of Topliss-reactive ketones (excluding diaryl/α,β-unsaturated/α-hetero) is 1. The highest BCUT2D eigenvalue weighted by Crippen LogP contribution is 2.45. The van der Waals surface area contributed by atoms with E-state index in [1.165, 1.54) is 22.9 Å². The van der Waals surface area contributed by atoms with E-state index in [9.17, 15) is 9.59 Å². The van der Waals surface area contributed by atoms with Gasteiger partial charge in [0.2, 0.25) is 0 Å². The fourth-order valence-corrected chi connectivity index (χ4v) is 6.05. The normalized spacial score (nSPS) is 17.9. The fourth-order valence-electron chi connectivity index (χ4n) is 4.24. The van der Waals surface area contributed by atoms with Crippen LogP contribution in [0.5, 0.6) is 0 Å². The molecule has 0 bridgehead atoms. The van der Waals surface area contributed by atoms with Gasteiger partial charge in [-0.15, -0.1) is 11.3 Å². The molecular formula is C24H23N3O2S2. The second-order valence-electron chi connectivity index (χ2n) is 8.08. The van der Waals surface area contributed by atoms with E-state index in [4.69, 9.17) is 4.98 Å². The molecule has 3 aromatic rings. The quantitative estimate of drug-likeness (QED) is 0.417. The number of hydrogen-bond acceptors (Lipinski definition) is 6. The number of ketones is 1. The largest absolute Gasteiger partial charge is 0.343 e. The number of anilines is 1. The molecule has 3 heterocycles. The second-order valence-corrected chi connectivity index (χ2v) is 10.4. The lowest BCUT2D eigenvalue weighted by atomic mass is 9.79. The number of fused-ring (bicyclic) bond motifs is 1. The highest BCUT2D eigenvalue weighted by molar-refractivity contribution is 7.98. The maximum Gasteiger partial charge on any atom is 0.257 e. The third-order valence-electron chi connectivity index (χ3n) is 5.78. The molecule has 0 radical (unpaired) electrons. The Hall–Kier alpha value is -2.64. The summed E-state index contributed by atoms with van der Waals surface area (Å²) in [6.07, 6.45) is 2.17. The Labute approximate surface area is 189 Å². The van der Waals surface area contributed by atoms with Crippen molar-refractivity contribution in [3.8, 4) is 0 Å². The minimum atomic E-state index is -0.342. The molecular weight excluding hydrogens is 426 g/mol. The van der Waals surface area contributed by atoms with Crippen LogP contribution in [-0.2, 0) is 10.5 Å². The summed E-state index contributed by atoms with van der Waals surface area (Å²) in [6, 6.07) is 12.4. The molecule has 2 aliphatic rings. The number of hydrogen-bond donors (Lipinski definition) is 2. The number of nitrogens with zero attached hydrogens (tertiary/aromatic N) is 1. The van der Waals surface area contributed by atoms with Gasteiger partial charge in [0.25, 0.3) is 5.56 Å². The van der Waals surface area contributed by atoms with Gasteiger partial charge in [0, 0.05) is 33.2 Å². The van der Waals surface area contributed by atoms with Gasteiger partial charge in [-0.25, -0.2) is 4.98 Å². The van der Waals surface area contributed by atoms with Gasteiger partial charge in [-0.1, -0.05) is 41.6 Å². The average Bonchev–Trinajstić information content (AvgIpc) is 3.18. The number of thiophene rings is 1. The molecule has 5 rings (SSSR count). The van der Waals surface area contributed by atoms with Crippen LogP contribution >= 0.6 is 23.1 Å². The van der Waals surface area contributed by atoms with E-state index in [1.54, 1.807) is 11.3 Å². The summed E-state index contributed by atoms with van der Waals surface area (Å²) < 4.78 is 0. The molecule has 1 atom stereocenters. The molecule has 1 unspecified atom stereocenters. The predicted molar refractivity (Wildman–Crippen MR) is 126 cm³/mol. The molecule has 0 saturated carbocycles. The van der Waals surface area contributed by atoms with Crippen LogP contribution in [-0.4, -0.2) is 15.8 Å². The smallest absolute Gasteiger partial charge is 0.257 e. The molecule has 0 amide bonds. The molecule has 2 aromatic heterocycles. The summed E-state index contributed by atoms with van der Waals surface area (Å²) in [7, 11) is 0. The van der Waals surface area contributed by atoms with Crippen molar-refractivity contribution in [2.45, 2.75) is 49.9 Å². The highest BCUT2D eigenvalue weighted by Gasteiger charge is 2.38. The number of H-pyrrole nitrogens is 1. The Morgan fingerprint density at radius 2 is 1.90 bits per heavy atom. The van der Waals surface area contributed by atoms with Crippen LogP contribution in [0.15, 0.2) is 57.6 Å². The SMILES string of the molecule is Cc1ccc(CSc2nc3c(c(=O)[nH]2)C(c2ccc(C)s2)C2=C(CCCC2=O)N3)cc1. The van der Waals surface area contributed by atoms with Crippen molar-refractivity contribution in [1.29, 1.82) is 0 Å². The minimum absolute atomic E-state index is 0.132. The number of benzene rings is 1. The number of aromatic nitrogens is 2. The number of carbonyl (C=O) groups is 1. The van der Waals surface area contributed by atoms with Crippen LogP contribution in [0.3, 0.4) is 0 Å². The summed E-state index contributed by atoms with van der Waals surface area (Å²) in [4.78, 5) is 36.0. The number of carbonyl (C=O) groups excluding carboxylic acids is 1. The number of aryl methyl sites for hydroxylation is 2. The molecule has 1 aliphatic heterocycles. The molecule has 5 nitrogen and oxygen atoms in total. The molecule has 1 aliphatic carbocycles. The number of thioether (sulfide) groups is 1. The number of aromatic amines is 1. The van der Waals surface area contributed by atoms with Crippen molar-refractivity contribution in [2.75, 3.05) is 5.32 Å². The van der Waals surface area contributed by atoms with Crippen LogP contribution in [0, 0.1) is 13.8 Å². The van der Waals surface area contributed by atoms with Crippen molar-refractivity contribution in [3.63, 3.8) is 0 Å². The van der Waals surface area contributed by atoms with Gasteiger partial charge in [0.05, 0.1) is 11.5 Å². The maximum atomic E-state index is 13.2. The third kappa shape index (κ3) is 3.88. The molecule has 0 spiro atoms. The second kappa shape index (κ2) is 8.13. The van der Waals surface area contributed by atoms with E-state index in [2.05, 4.69) is 41.5 Å². The first kappa shape index (κ1) is 20.3. The number of allylic oxidation sites excluding steroid dienone is 2. The van der Waals surface area contributed by atoms with Gasteiger partial charge < -0.3 is 10.3 Å². The van der Waals surface area contributed by atoms with E-state index >= 15 is 0 Å². The lowest BCUT2D eigenvalue weighted by Gasteiger charge is -2.32. The minimum Gasteiger partial charge on any atom is -0.343 e. The summed E-state index contributed by atoms with van der Waals surface area (Å²) in [5, 5.41) is 3.93. The lowest BCUT2D eigenvalue weighted by molar-refractivity contribution is -0.116. The van der Waals surface area contributed by atoms with Crippen LogP contribution in [0.2, 0.25) is 0 Å². The van der Waals surface area contributed by atoms with Crippen molar-refractivity contribution in [3.05, 3.63) is 84.5 Å². The topological polar surface area (TPSA) is 74.8 Å². The van der Waals surface area contributed by atoms with Gasteiger partial charge in [0.1, 0.15) is 5.82 Å². The van der Waals surface area contributed by atoms with E-state index in [0.717, 1.165) is 39.6 Å². The zero-order valence-corrected chi connectivity index (χ0v) is 19.1. The van der Waals surface area contributed by atoms with E-state index in [0.29, 0.717) is 23.0 Å². The first-order valence-corrected chi connectivity index (χ1v) is 12.2.